The summed E-state index contributed by atoms with van der Waals surface area (Å²) in [7, 11) is 3.27. The topological polar surface area (TPSA) is 73.3 Å². The maximum atomic E-state index is 9.93. The molecule has 0 saturated heterocycles. The van der Waals surface area contributed by atoms with Crippen molar-refractivity contribution in [2.75, 3.05) is 12.8 Å². The van der Waals surface area contributed by atoms with Crippen molar-refractivity contribution < 1.29 is 9.84 Å². The van der Waals surface area contributed by atoms with E-state index in [0.717, 1.165) is 21.2 Å². The molecule has 0 radical (unpaired) electrons. The summed E-state index contributed by atoms with van der Waals surface area (Å²) < 4.78 is 7.63. The number of ether oxygens (including phenoxy) is 1. The predicted molar refractivity (Wildman–Crippen MR) is 73.7 cm³/mol. The molecule has 0 unspecified atom stereocenters. The number of benzene rings is 1. The first-order valence-electron chi connectivity index (χ1n) is 5.31. The van der Waals surface area contributed by atoms with Crippen LogP contribution in [0.15, 0.2) is 16.7 Å². The molecule has 0 aliphatic heterocycles. The third kappa shape index (κ3) is 1.82. The van der Waals surface area contributed by atoms with Gasteiger partial charge in [-0.1, -0.05) is 15.9 Å². The first-order valence-corrected chi connectivity index (χ1v) is 6.10. The third-order valence-corrected chi connectivity index (χ3v) is 3.74. The molecular weight excluding hydrogens is 298 g/mol. The number of aromatic nitrogens is 2. The largest absolute Gasteiger partial charge is 0.504 e. The molecule has 6 heteroatoms. The molecule has 2 rings (SSSR count). The second-order valence-electron chi connectivity index (χ2n) is 3.98. The summed E-state index contributed by atoms with van der Waals surface area (Å²) in [5.41, 5.74) is 8.39. The molecule has 0 fully saturated rings. The number of anilines is 1. The van der Waals surface area contributed by atoms with E-state index >= 15 is 0 Å². The van der Waals surface area contributed by atoms with Crippen LogP contribution in [0, 0.1) is 6.92 Å². The fraction of sp³-hybridized carbons (Fsp3) is 0.250. The quantitative estimate of drug-likeness (QED) is 0.893. The van der Waals surface area contributed by atoms with Crippen LogP contribution in [0.3, 0.4) is 0 Å². The number of methoxy groups -OCH3 is 1. The summed E-state index contributed by atoms with van der Waals surface area (Å²) in [5, 5.41) is 14.0. The zero-order valence-corrected chi connectivity index (χ0v) is 11.9. The lowest BCUT2D eigenvalue weighted by Gasteiger charge is -2.14. The van der Waals surface area contributed by atoms with Crippen molar-refractivity contribution in [3.63, 3.8) is 0 Å². The highest BCUT2D eigenvalue weighted by atomic mass is 79.9. The molecule has 0 aliphatic rings. The number of rotatable bonds is 2. The Morgan fingerprint density at radius 2 is 2.17 bits per heavy atom. The van der Waals surface area contributed by atoms with E-state index in [1.807, 2.05) is 6.92 Å². The molecule has 1 heterocycles. The highest BCUT2D eigenvalue weighted by Gasteiger charge is 2.20. The number of halogens is 1. The van der Waals surface area contributed by atoms with E-state index in [-0.39, 0.29) is 5.75 Å². The van der Waals surface area contributed by atoms with Crippen molar-refractivity contribution in [1.82, 2.24) is 9.78 Å². The molecule has 0 saturated carbocycles. The first kappa shape index (κ1) is 12.8. The molecule has 5 nitrogen and oxygen atoms in total. The lowest BCUT2D eigenvalue weighted by Crippen LogP contribution is -1.99. The fourth-order valence-electron chi connectivity index (χ4n) is 1.88. The summed E-state index contributed by atoms with van der Waals surface area (Å²) in [6.07, 6.45) is 1.66. The van der Waals surface area contributed by atoms with Crippen molar-refractivity contribution >= 4 is 21.7 Å². The number of phenols is 1. The van der Waals surface area contributed by atoms with Crippen LogP contribution in [-0.2, 0) is 7.05 Å². The Labute approximate surface area is 113 Å². The molecule has 1 aromatic heterocycles. The Bertz CT molecular complexity index is 608. The number of aromatic hydroxyl groups is 1. The normalized spacial score (nSPS) is 10.7. The standard InChI is InChI=1S/C12H14BrN3O2/c1-6-8(13)4-9(17)11(18-3)10(6)7-5-15-16(2)12(7)14/h4-5,17H,14H2,1-3H3. The second kappa shape index (κ2) is 4.53. The highest BCUT2D eigenvalue weighted by Crippen LogP contribution is 2.44. The molecule has 0 aliphatic carbocycles. The van der Waals surface area contributed by atoms with Gasteiger partial charge in [-0.25, -0.2) is 0 Å². The SMILES string of the molecule is COc1c(O)cc(Br)c(C)c1-c1cnn(C)c1N. The predicted octanol–water partition coefficient (Wildman–Crippen LogP) is 2.45. The van der Waals surface area contributed by atoms with E-state index in [0.29, 0.717) is 11.6 Å². The van der Waals surface area contributed by atoms with Gasteiger partial charge in [-0.2, -0.15) is 5.10 Å². The smallest absolute Gasteiger partial charge is 0.168 e. The lowest BCUT2D eigenvalue weighted by atomic mass is 10.0. The Hall–Kier alpha value is -1.69. The Morgan fingerprint density at radius 1 is 1.50 bits per heavy atom. The van der Waals surface area contributed by atoms with Gasteiger partial charge in [0.1, 0.15) is 5.82 Å². The molecule has 0 bridgehead atoms. The van der Waals surface area contributed by atoms with E-state index < -0.39 is 0 Å². The second-order valence-corrected chi connectivity index (χ2v) is 4.83. The summed E-state index contributed by atoms with van der Waals surface area (Å²) in [6, 6.07) is 1.60. The average Bonchev–Trinajstić information content (AvgIpc) is 2.65. The fourth-order valence-corrected chi connectivity index (χ4v) is 2.30. The number of aryl methyl sites for hydroxylation is 1. The van der Waals surface area contributed by atoms with Crippen LogP contribution < -0.4 is 10.5 Å². The summed E-state index contributed by atoms with van der Waals surface area (Å²) >= 11 is 3.41. The van der Waals surface area contributed by atoms with E-state index in [4.69, 9.17) is 10.5 Å². The van der Waals surface area contributed by atoms with Crippen LogP contribution in [0.25, 0.3) is 11.1 Å². The molecule has 2 aromatic rings. The van der Waals surface area contributed by atoms with Crippen molar-refractivity contribution in [3.05, 3.63) is 22.3 Å². The number of hydrogen-bond donors (Lipinski definition) is 2. The van der Waals surface area contributed by atoms with Crippen LogP contribution >= 0.6 is 15.9 Å². The van der Waals surface area contributed by atoms with Crippen molar-refractivity contribution in [2.45, 2.75) is 6.92 Å². The summed E-state index contributed by atoms with van der Waals surface area (Å²) in [4.78, 5) is 0. The number of nitrogens with zero attached hydrogens (tertiary/aromatic N) is 2. The van der Waals surface area contributed by atoms with E-state index in [1.54, 1.807) is 24.0 Å². The van der Waals surface area contributed by atoms with Crippen LogP contribution in [0.5, 0.6) is 11.5 Å². The van der Waals surface area contributed by atoms with Crippen LogP contribution in [-0.4, -0.2) is 22.0 Å². The maximum Gasteiger partial charge on any atom is 0.168 e. The van der Waals surface area contributed by atoms with Gasteiger partial charge in [0.2, 0.25) is 0 Å². The van der Waals surface area contributed by atoms with E-state index in [9.17, 15) is 5.11 Å². The van der Waals surface area contributed by atoms with Gasteiger partial charge in [-0.3, -0.25) is 4.68 Å². The highest BCUT2D eigenvalue weighted by molar-refractivity contribution is 9.10. The number of phenolic OH excluding ortho intramolecular Hbond substituents is 1. The van der Waals surface area contributed by atoms with Gasteiger partial charge in [0, 0.05) is 22.6 Å². The first-order chi connectivity index (χ1) is 8.47. The van der Waals surface area contributed by atoms with Crippen LogP contribution in [0.1, 0.15) is 5.56 Å². The van der Waals surface area contributed by atoms with Crippen LogP contribution in [0.2, 0.25) is 0 Å². The van der Waals surface area contributed by atoms with Gasteiger partial charge in [-0.15, -0.1) is 0 Å². The molecular formula is C12H14BrN3O2. The van der Waals surface area contributed by atoms with E-state index in [1.165, 1.54) is 7.11 Å². The van der Waals surface area contributed by atoms with Gasteiger partial charge in [-0.05, 0) is 18.6 Å². The minimum Gasteiger partial charge on any atom is -0.504 e. The number of hydrogen-bond acceptors (Lipinski definition) is 4. The Kier molecular flexibility index (Phi) is 3.21. The van der Waals surface area contributed by atoms with E-state index in [2.05, 4.69) is 21.0 Å². The molecule has 1 aromatic carbocycles. The zero-order chi connectivity index (χ0) is 13.4. The minimum atomic E-state index is 0.0632. The molecule has 0 atom stereocenters. The number of nitrogen functional groups attached to an aromatic ring is 1. The van der Waals surface area contributed by atoms with Gasteiger partial charge in [0.05, 0.1) is 13.3 Å². The lowest BCUT2D eigenvalue weighted by molar-refractivity contribution is 0.374. The van der Waals surface area contributed by atoms with Gasteiger partial charge in [0.15, 0.2) is 11.5 Å². The summed E-state index contributed by atoms with van der Waals surface area (Å²) in [6.45, 7) is 1.92. The molecule has 0 amide bonds. The molecule has 0 spiro atoms. The van der Waals surface area contributed by atoms with Gasteiger partial charge in [0.25, 0.3) is 0 Å². The zero-order valence-electron chi connectivity index (χ0n) is 10.4. The Balaban J connectivity index is 2.81. The average molecular weight is 312 g/mol. The third-order valence-electron chi connectivity index (χ3n) is 2.91. The minimum absolute atomic E-state index is 0.0632. The van der Waals surface area contributed by atoms with Crippen LogP contribution in [0.4, 0.5) is 5.82 Å². The summed E-state index contributed by atoms with van der Waals surface area (Å²) in [5.74, 6) is 0.984. The van der Waals surface area contributed by atoms with Crippen molar-refractivity contribution in [3.8, 4) is 22.6 Å². The Morgan fingerprint density at radius 3 is 2.67 bits per heavy atom. The molecule has 18 heavy (non-hydrogen) atoms. The molecule has 3 N–H and O–H groups in total. The maximum absolute atomic E-state index is 9.93. The van der Waals surface area contributed by atoms with Crippen molar-refractivity contribution in [1.29, 1.82) is 0 Å². The number of nitrogens with two attached hydrogens (primary N) is 1. The van der Waals surface area contributed by atoms with Gasteiger partial charge < -0.3 is 15.6 Å². The van der Waals surface area contributed by atoms with Crippen molar-refractivity contribution in [2.24, 2.45) is 7.05 Å². The molecule has 96 valence electrons. The monoisotopic (exact) mass is 311 g/mol. The van der Waals surface area contributed by atoms with Gasteiger partial charge >= 0.3 is 0 Å².